The van der Waals surface area contributed by atoms with Crippen molar-refractivity contribution >= 4 is 23.2 Å². The fourth-order valence-electron chi connectivity index (χ4n) is 2.90. The molecule has 2 heterocycles. The molecule has 7 nitrogen and oxygen atoms in total. The van der Waals surface area contributed by atoms with Crippen molar-refractivity contribution in [1.29, 1.82) is 0 Å². The van der Waals surface area contributed by atoms with E-state index in [0.717, 1.165) is 11.6 Å². The SMILES string of the molecule is COc1ccc(CCNC(=O)c2nn3c(C(F)(F)F)cc(C)nc3c2Cl)cc1OC. The van der Waals surface area contributed by atoms with Gasteiger partial charge in [0.05, 0.1) is 14.2 Å². The Morgan fingerprint density at radius 1 is 1.20 bits per heavy atom. The van der Waals surface area contributed by atoms with Crippen LogP contribution in [0.25, 0.3) is 5.65 Å². The van der Waals surface area contributed by atoms with Gasteiger partial charge in [-0.05, 0) is 37.1 Å². The molecule has 0 radical (unpaired) electrons. The normalized spacial score (nSPS) is 11.6. The van der Waals surface area contributed by atoms with Crippen molar-refractivity contribution < 1.29 is 27.4 Å². The highest BCUT2D eigenvalue weighted by Gasteiger charge is 2.36. The first-order chi connectivity index (χ1) is 14.2. The molecule has 0 spiro atoms. The van der Waals surface area contributed by atoms with Crippen molar-refractivity contribution in [3.63, 3.8) is 0 Å². The Balaban J connectivity index is 1.78. The van der Waals surface area contributed by atoms with Crippen molar-refractivity contribution in [1.82, 2.24) is 19.9 Å². The second-order valence-electron chi connectivity index (χ2n) is 6.37. The van der Waals surface area contributed by atoms with E-state index in [4.69, 9.17) is 21.1 Å². The molecule has 3 rings (SSSR count). The maximum absolute atomic E-state index is 13.3. The zero-order valence-corrected chi connectivity index (χ0v) is 17.1. The van der Waals surface area contributed by atoms with Crippen LogP contribution in [0.15, 0.2) is 24.3 Å². The summed E-state index contributed by atoms with van der Waals surface area (Å²) in [4.78, 5) is 16.4. The number of nitrogens with zero attached hydrogens (tertiary/aromatic N) is 3. The molecule has 0 saturated heterocycles. The number of hydrogen-bond acceptors (Lipinski definition) is 5. The number of rotatable bonds is 6. The highest BCUT2D eigenvalue weighted by molar-refractivity contribution is 6.36. The summed E-state index contributed by atoms with van der Waals surface area (Å²) in [7, 11) is 3.04. The van der Waals surface area contributed by atoms with Crippen molar-refractivity contribution in [2.75, 3.05) is 20.8 Å². The predicted octanol–water partition coefficient (Wildman–Crippen LogP) is 3.70. The maximum atomic E-state index is 13.3. The minimum Gasteiger partial charge on any atom is -0.493 e. The van der Waals surface area contributed by atoms with Gasteiger partial charge in [0, 0.05) is 12.2 Å². The highest BCUT2D eigenvalue weighted by Crippen LogP contribution is 2.32. The Morgan fingerprint density at radius 2 is 1.90 bits per heavy atom. The van der Waals surface area contributed by atoms with E-state index in [0.29, 0.717) is 22.4 Å². The molecule has 0 bridgehead atoms. The van der Waals surface area contributed by atoms with Gasteiger partial charge in [-0.3, -0.25) is 4.79 Å². The van der Waals surface area contributed by atoms with Crippen molar-refractivity contribution in [2.45, 2.75) is 19.5 Å². The number of carbonyl (C=O) groups excluding carboxylic acids is 1. The van der Waals surface area contributed by atoms with E-state index < -0.39 is 17.8 Å². The first-order valence-corrected chi connectivity index (χ1v) is 9.15. The Morgan fingerprint density at radius 3 is 2.53 bits per heavy atom. The quantitative estimate of drug-likeness (QED) is 0.630. The van der Waals surface area contributed by atoms with Crippen LogP contribution in [0.5, 0.6) is 11.5 Å². The van der Waals surface area contributed by atoms with E-state index in [1.165, 1.54) is 21.1 Å². The summed E-state index contributed by atoms with van der Waals surface area (Å²) < 4.78 is 50.8. The second-order valence-corrected chi connectivity index (χ2v) is 6.75. The molecule has 0 aliphatic rings. The molecule has 0 atom stereocenters. The molecule has 0 aliphatic carbocycles. The number of methoxy groups -OCH3 is 2. The Bertz CT molecular complexity index is 1100. The molecule has 1 amide bonds. The lowest BCUT2D eigenvalue weighted by molar-refractivity contribution is -0.142. The van der Waals surface area contributed by atoms with E-state index in [1.54, 1.807) is 12.1 Å². The Kier molecular flexibility index (Phi) is 6.06. The number of aromatic nitrogens is 3. The number of alkyl halides is 3. The third kappa shape index (κ3) is 4.28. The molecule has 2 aromatic heterocycles. The lowest BCUT2D eigenvalue weighted by Crippen LogP contribution is -2.26. The maximum Gasteiger partial charge on any atom is 0.433 e. The monoisotopic (exact) mass is 442 g/mol. The van der Waals surface area contributed by atoms with Crippen LogP contribution in [0.2, 0.25) is 5.02 Å². The topological polar surface area (TPSA) is 77.8 Å². The minimum absolute atomic E-state index is 0.108. The number of benzene rings is 1. The number of nitrogens with one attached hydrogen (secondary N) is 1. The summed E-state index contributed by atoms with van der Waals surface area (Å²) in [5.41, 5.74) is -0.638. The van der Waals surface area contributed by atoms with Gasteiger partial charge in [-0.1, -0.05) is 17.7 Å². The fourth-order valence-corrected chi connectivity index (χ4v) is 3.15. The molecule has 0 aliphatic heterocycles. The first-order valence-electron chi connectivity index (χ1n) is 8.78. The summed E-state index contributed by atoms with van der Waals surface area (Å²) in [5.74, 6) is 0.424. The van der Waals surface area contributed by atoms with E-state index in [1.807, 2.05) is 6.07 Å². The summed E-state index contributed by atoms with van der Waals surface area (Å²) in [5, 5.41) is 6.11. The number of amides is 1. The smallest absolute Gasteiger partial charge is 0.433 e. The van der Waals surface area contributed by atoms with Crippen molar-refractivity contribution in [3.8, 4) is 11.5 Å². The number of aryl methyl sites for hydroxylation is 1. The largest absolute Gasteiger partial charge is 0.493 e. The van der Waals surface area contributed by atoms with E-state index >= 15 is 0 Å². The van der Waals surface area contributed by atoms with Gasteiger partial charge in [0.25, 0.3) is 5.91 Å². The third-order valence-electron chi connectivity index (χ3n) is 4.31. The van der Waals surface area contributed by atoms with Crippen LogP contribution in [0, 0.1) is 6.92 Å². The van der Waals surface area contributed by atoms with Gasteiger partial charge in [-0.15, -0.1) is 0 Å². The van der Waals surface area contributed by atoms with Gasteiger partial charge >= 0.3 is 6.18 Å². The van der Waals surface area contributed by atoms with Crippen LogP contribution in [0.1, 0.15) is 27.4 Å². The lowest BCUT2D eigenvalue weighted by Gasteiger charge is -2.10. The molecule has 1 N–H and O–H groups in total. The molecule has 160 valence electrons. The summed E-state index contributed by atoms with van der Waals surface area (Å²) >= 11 is 6.11. The van der Waals surface area contributed by atoms with Gasteiger partial charge in [-0.25, -0.2) is 9.50 Å². The van der Waals surface area contributed by atoms with Gasteiger partial charge in [-0.2, -0.15) is 18.3 Å². The van der Waals surface area contributed by atoms with Crippen LogP contribution < -0.4 is 14.8 Å². The standard InChI is InChI=1S/C19H18ClF3N4O3/c1-10-8-14(19(21,22)23)27-17(25-10)15(20)16(26-27)18(28)24-7-6-11-4-5-12(29-2)13(9-11)30-3/h4-5,8-9H,6-7H2,1-3H3,(H,24,28). The van der Waals surface area contributed by atoms with Crippen molar-refractivity contribution in [3.05, 3.63) is 51.9 Å². The van der Waals surface area contributed by atoms with Crippen LogP contribution in [-0.2, 0) is 12.6 Å². The second kappa shape index (κ2) is 8.39. The third-order valence-corrected chi connectivity index (χ3v) is 4.66. The van der Waals surface area contributed by atoms with Gasteiger partial charge in [0.1, 0.15) is 10.7 Å². The van der Waals surface area contributed by atoms with Gasteiger partial charge in [0.2, 0.25) is 0 Å². The number of ether oxygens (including phenoxy) is 2. The summed E-state index contributed by atoms with van der Waals surface area (Å²) in [6.45, 7) is 1.61. The van der Waals surface area contributed by atoms with E-state index in [9.17, 15) is 18.0 Å². The number of carbonyl (C=O) groups is 1. The van der Waals surface area contributed by atoms with Crippen molar-refractivity contribution in [2.24, 2.45) is 0 Å². The molecule has 0 fully saturated rings. The fraction of sp³-hybridized carbons (Fsp3) is 0.316. The molecule has 11 heteroatoms. The molecule has 1 aromatic carbocycles. The zero-order chi connectivity index (χ0) is 22.1. The number of hydrogen-bond donors (Lipinski definition) is 1. The van der Waals surface area contributed by atoms with Crippen LogP contribution in [0.4, 0.5) is 13.2 Å². The molecular weight excluding hydrogens is 425 g/mol. The Labute approximate surface area is 174 Å². The van der Waals surface area contributed by atoms with Gasteiger partial charge in [0.15, 0.2) is 22.8 Å². The Hall–Kier alpha value is -3.01. The van der Waals surface area contributed by atoms with Crippen LogP contribution >= 0.6 is 11.6 Å². The summed E-state index contributed by atoms with van der Waals surface area (Å²) in [6, 6.07) is 6.16. The van der Waals surface area contributed by atoms with E-state index in [-0.39, 0.29) is 28.6 Å². The minimum atomic E-state index is -4.68. The van der Waals surface area contributed by atoms with E-state index in [2.05, 4.69) is 15.4 Å². The molecule has 30 heavy (non-hydrogen) atoms. The van der Waals surface area contributed by atoms with Crippen LogP contribution in [0.3, 0.4) is 0 Å². The van der Waals surface area contributed by atoms with Gasteiger partial charge < -0.3 is 14.8 Å². The lowest BCUT2D eigenvalue weighted by atomic mass is 10.1. The average molecular weight is 443 g/mol. The number of halogens is 4. The predicted molar refractivity (Wildman–Crippen MR) is 103 cm³/mol. The zero-order valence-electron chi connectivity index (χ0n) is 16.3. The molecule has 0 unspecified atom stereocenters. The average Bonchev–Trinajstić information content (AvgIpc) is 3.03. The first kappa shape index (κ1) is 21.7. The van der Waals surface area contributed by atoms with Crippen LogP contribution in [-0.4, -0.2) is 41.3 Å². The highest BCUT2D eigenvalue weighted by atomic mass is 35.5. The molecular formula is C19H18ClF3N4O3. The molecule has 3 aromatic rings. The number of fused-ring (bicyclic) bond motifs is 1. The summed E-state index contributed by atoms with van der Waals surface area (Å²) in [6.07, 6.45) is -4.23. The molecule has 0 saturated carbocycles.